The van der Waals surface area contributed by atoms with Gasteiger partial charge in [0.1, 0.15) is 11.5 Å². The van der Waals surface area contributed by atoms with Crippen molar-refractivity contribution in [3.63, 3.8) is 0 Å². The van der Waals surface area contributed by atoms with Crippen LogP contribution in [0.15, 0.2) is 42.5 Å². The van der Waals surface area contributed by atoms with E-state index in [1.807, 2.05) is 18.2 Å². The largest absolute Gasteiger partial charge is 0.497 e. The molecular formula is C25H31N3O6. The number of anilines is 1. The highest BCUT2D eigenvalue weighted by molar-refractivity contribution is 5.92. The van der Waals surface area contributed by atoms with Gasteiger partial charge in [-0.05, 0) is 49.6 Å². The Labute approximate surface area is 198 Å². The molecule has 34 heavy (non-hydrogen) atoms. The number of amides is 1. The zero-order valence-electron chi connectivity index (χ0n) is 19.5. The van der Waals surface area contributed by atoms with Crippen molar-refractivity contribution in [3.05, 3.63) is 58.1 Å². The number of fused-ring (bicyclic) bond motifs is 1. The fourth-order valence-corrected chi connectivity index (χ4v) is 5.46. The van der Waals surface area contributed by atoms with E-state index < -0.39 is 10.5 Å². The van der Waals surface area contributed by atoms with Gasteiger partial charge in [-0.3, -0.25) is 19.8 Å². The third-order valence-electron chi connectivity index (χ3n) is 7.14. The number of methoxy groups -OCH3 is 2. The predicted molar refractivity (Wildman–Crippen MR) is 127 cm³/mol. The van der Waals surface area contributed by atoms with E-state index in [0.29, 0.717) is 30.2 Å². The maximum Gasteiger partial charge on any atom is 0.269 e. The Morgan fingerprint density at radius 1 is 1.18 bits per heavy atom. The highest BCUT2D eigenvalue weighted by Crippen LogP contribution is 2.51. The molecule has 9 nitrogen and oxygen atoms in total. The van der Waals surface area contributed by atoms with Crippen molar-refractivity contribution in [1.29, 1.82) is 0 Å². The lowest BCUT2D eigenvalue weighted by molar-refractivity contribution is -0.384. The second-order valence-corrected chi connectivity index (χ2v) is 9.08. The summed E-state index contributed by atoms with van der Waals surface area (Å²) < 4.78 is 11.1. The molecule has 4 rings (SSSR count). The molecule has 1 aliphatic heterocycles. The second kappa shape index (κ2) is 9.99. The second-order valence-electron chi connectivity index (χ2n) is 9.08. The van der Waals surface area contributed by atoms with Crippen molar-refractivity contribution >= 4 is 17.3 Å². The number of carbonyl (C=O) groups is 1. The molecule has 3 atom stereocenters. The average molecular weight is 470 g/mol. The van der Waals surface area contributed by atoms with E-state index in [2.05, 4.69) is 10.2 Å². The molecule has 2 fully saturated rings. The number of ether oxygens (including phenoxy) is 2. The van der Waals surface area contributed by atoms with E-state index in [1.54, 1.807) is 14.2 Å². The molecule has 1 aliphatic carbocycles. The Bertz CT molecular complexity index is 1040. The van der Waals surface area contributed by atoms with Crippen LogP contribution in [0.2, 0.25) is 0 Å². The Kier molecular flexibility index (Phi) is 7.04. The quantitative estimate of drug-likeness (QED) is 0.467. The van der Waals surface area contributed by atoms with Gasteiger partial charge in [-0.15, -0.1) is 0 Å². The number of nitro benzene ring substituents is 1. The van der Waals surface area contributed by atoms with E-state index >= 15 is 0 Å². The molecule has 9 heteroatoms. The molecular weight excluding hydrogens is 438 g/mol. The van der Waals surface area contributed by atoms with E-state index in [1.165, 1.54) is 24.3 Å². The third kappa shape index (κ3) is 4.85. The lowest BCUT2D eigenvalue weighted by Crippen LogP contribution is -2.56. The van der Waals surface area contributed by atoms with Crippen molar-refractivity contribution in [2.24, 2.45) is 5.92 Å². The summed E-state index contributed by atoms with van der Waals surface area (Å²) in [6.45, 7) is 0.681. The summed E-state index contributed by atoms with van der Waals surface area (Å²) in [6.07, 6.45) is 4.24. The van der Waals surface area contributed by atoms with E-state index in [9.17, 15) is 20.0 Å². The molecule has 1 amide bonds. The molecule has 0 radical (unpaired) electrons. The van der Waals surface area contributed by atoms with Gasteiger partial charge in [0, 0.05) is 41.9 Å². The summed E-state index contributed by atoms with van der Waals surface area (Å²) in [5, 5.41) is 25.2. The number of nitro groups is 1. The summed E-state index contributed by atoms with van der Waals surface area (Å²) in [6, 6.07) is 11.2. The van der Waals surface area contributed by atoms with Gasteiger partial charge in [-0.1, -0.05) is 12.8 Å². The first-order valence-corrected chi connectivity index (χ1v) is 11.6. The number of nitrogens with one attached hydrogen (secondary N) is 1. The predicted octanol–water partition coefficient (Wildman–Crippen LogP) is 3.92. The molecule has 1 heterocycles. The van der Waals surface area contributed by atoms with Gasteiger partial charge >= 0.3 is 0 Å². The SMILES string of the molecule is COc1ccc(OC)c([C@@H]2[C@H]3CCCC[C@@]3(O)CCN2CC(=O)Nc2ccc([N+](=O)[O-])cc2)c1. The molecule has 2 aliphatic rings. The van der Waals surface area contributed by atoms with Gasteiger partial charge in [0.15, 0.2) is 0 Å². The van der Waals surface area contributed by atoms with Gasteiger partial charge in [0.25, 0.3) is 5.69 Å². The summed E-state index contributed by atoms with van der Waals surface area (Å²) in [5.41, 5.74) is 0.589. The number of carbonyl (C=O) groups excluding carboxylic acids is 1. The van der Waals surface area contributed by atoms with Crippen LogP contribution in [-0.2, 0) is 4.79 Å². The number of rotatable bonds is 7. The number of non-ortho nitro benzene ring substituents is 1. The lowest BCUT2D eigenvalue weighted by atomic mass is 9.66. The molecule has 0 bridgehead atoms. The van der Waals surface area contributed by atoms with E-state index in [4.69, 9.17) is 9.47 Å². The lowest BCUT2D eigenvalue weighted by Gasteiger charge is -2.52. The molecule has 2 aromatic carbocycles. The first kappa shape index (κ1) is 24.0. The number of likely N-dealkylation sites (tertiary alicyclic amines) is 1. The number of piperidine rings is 1. The smallest absolute Gasteiger partial charge is 0.269 e. The van der Waals surface area contributed by atoms with Crippen molar-refractivity contribution in [2.75, 3.05) is 32.6 Å². The Morgan fingerprint density at radius 3 is 2.62 bits per heavy atom. The molecule has 1 saturated carbocycles. The zero-order chi connectivity index (χ0) is 24.3. The van der Waals surface area contributed by atoms with Crippen molar-refractivity contribution in [1.82, 2.24) is 4.90 Å². The van der Waals surface area contributed by atoms with Crippen LogP contribution >= 0.6 is 0 Å². The number of aliphatic hydroxyl groups is 1. The van der Waals surface area contributed by atoms with Crippen molar-refractivity contribution in [3.8, 4) is 11.5 Å². The highest BCUT2D eigenvalue weighted by atomic mass is 16.6. The Hall–Kier alpha value is -3.17. The molecule has 2 N–H and O–H groups in total. The van der Waals surface area contributed by atoms with Crippen LogP contribution < -0.4 is 14.8 Å². The van der Waals surface area contributed by atoms with Gasteiger partial charge in [-0.25, -0.2) is 0 Å². The summed E-state index contributed by atoms with van der Waals surface area (Å²) in [4.78, 5) is 25.5. The maximum atomic E-state index is 13.0. The molecule has 0 unspecified atom stereocenters. The number of hydrogen-bond acceptors (Lipinski definition) is 7. The van der Waals surface area contributed by atoms with Crippen LogP contribution in [0.4, 0.5) is 11.4 Å². The van der Waals surface area contributed by atoms with Gasteiger partial charge in [0.2, 0.25) is 5.91 Å². The summed E-state index contributed by atoms with van der Waals surface area (Å²) >= 11 is 0. The molecule has 182 valence electrons. The van der Waals surface area contributed by atoms with Gasteiger partial charge in [0.05, 0.1) is 31.3 Å². The average Bonchev–Trinajstić information content (AvgIpc) is 2.84. The van der Waals surface area contributed by atoms with Crippen molar-refractivity contribution in [2.45, 2.75) is 43.7 Å². The fourth-order valence-electron chi connectivity index (χ4n) is 5.46. The molecule has 1 saturated heterocycles. The van der Waals surface area contributed by atoms with E-state index in [-0.39, 0.29) is 30.1 Å². The first-order valence-electron chi connectivity index (χ1n) is 11.6. The van der Waals surface area contributed by atoms with Crippen molar-refractivity contribution < 1.29 is 24.3 Å². The maximum absolute atomic E-state index is 13.0. The van der Waals surface area contributed by atoms with Crippen LogP contribution in [0.5, 0.6) is 11.5 Å². The minimum atomic E-state index is -0.775. The summed E-state index contributed by atoms with van der Waals surface area (Å²) in [5.74, 6) is 1.13. The fraction of sp³-hybridized carbons (Fsp3) is 0.480. The Balaban J connectivity index is 1.61. The minimum absolute atomic E-state index is 0.0317. The van der Waals surface area contributed by atoms with Crippen LogP contribution in [0, 0.1) is 16.0 Å². The number of hydrogen-bond donors (Lipinski definition) is 2. The van der Waals surface area contributed by atoms with Crippen LogP contribution in [0.3, 0.4) is 0 Å². The minimum Gasteiger partial charge on any atom is -0.497 e. The topological polar surface area (TPSA) is 114 Å². The third-order valence-corrected chi connectivity index (χ3v) is 7.14. The van der Waals surface area contributed by atoms with Gasteiger partial charge < -0.3 is 19.9 Å². The van der Waals surface area contributed by atoms with E-state index in [0.717, 1.165) is 31.2 Å². The molecule has 0 spiro atoms. The van der Waals surface area contributed by atoms with Crippen LogP contribution in [0.1, 0.15) is 43.7 Å². The molecule has 0 aromatic heterocycles. The van der Waals surface area contributed by atoms with Crippen LogP contribution in [-0.4, -0.2) is 53.7 Å². The molecule has 2 aromatic rings. The first-order chi connectivity index (χ1) is 16.3. The number of benzene rings is 2. The highest BCUT2D eigenvalue weighted by Gasteiger charge is 2.50. The normalized spacial score (nSPS) is 24.7. The standard InChI is InChI=1S/C25H31N3O6/c1-33-19-10-11-22(34-2)20(15-19)24-21-5-3-4-12-25(21,30)13-14-27(24)16-23(29)26-17-6-8-18(9-7-17)28(31)32/h6-11,15,21,24,30H,3-5,12-14,16H2,1-2H3,(H,26,29)/t21-,24-,25-/m1/s1. The monoisotopic (exact) mass is 469 g/mol. The van der Waals surface area contributed by atoms with Gasteiger partial charge in [-0.2, -0.15) is 0 Å². The van der Waals surface area contributed by atoms with Crippen LogP contribution in [0.25, 0.3) is 0 Å². The zero-order valence-corrected chi connectivity index (χ0v) is 19.5. The number of nitrogens with zero attached hydrogens (tertiary/aromatic N) is 2. The summed E-state index contributed by atoms with van der Waals surface area (Å²) in [7, 11) is 3.23. The Morgan fingerprint density at radius 2 is 1.94 bits per heavy atom.